The topological polar surface area (TPSA) is 38.3 Å². The van der Waals surface area contributed by atoms with E-state index in [0.717, 1.165) is 17.5 Å². The number of carbonyl (C=O) groups is 1. The predicted octanol–water partition coefficient (Wildman–Crippen LogP) is 3.38. The molecule has 4 heteroatoms. The number of amides is 1. The molecule has 0 fully saturated rings. The number of para-hydroxylation sites is 1. The summed E-state index contributed by atoms with van der Waals surface area (Å²) in [4.78, 5) is 11.8. The average molecular weight is 328 g/mol. The first kappa shape index (κ1) is 16.0. The monoisotopic (exact) mass is 327 g/mol. The number of rotatable bonds is 8. The highest BCUT2D eigenvalue weighted by molar-refractivity contribution is 9.09. The lowest BCUT2D eigenvalue weighted by Gasteiger charge is -2.21. The van der Waals surface area contributed by atoms with Crippen LogP contribution in [0.15, 0.2) is 30.3 Å². The molecule has 1 rings (SSSR count). The van der Waals surface area contributed by atoms with Crippen LogP contribution >= 0.6 is 15.9 Å². The molecule has 0 bridgehead atoms. The third-order valence-electron chi connectivity index (χ3n) is 2.91. The van der Waals surface area contributed by atoms with Gasteiger partial charge >= 0.3 is 0 Å². The van der Waals surface area contributed by atoms with Gasteiger partial charge in [-0.2, -0.15) is 0 Å². The highest BCUT2D eigenvalue weighted by Crippen LogP contribution is 2.10. The van der Waals surface area contributed by atoms with Crippen LogP contribution in [0.3, 0.4) is 0 Å². The normalized spacial score (nSPS) is 12.2. The first-order valence-corrected chi connectivity index (χ1v) is 7.78. The standard InChI is InChI=1S/C15H22BrNO2/c1-12(2)14(8-10-16)17-15(18)9-11-19-13-6-4-3-5-7-13/h3-7,12,14H,8-11H2,1-2H3,(H,17,18). The molecule has 0 spiro atoms. The number of benzene rings is 1. The van der Waals surface area contributed by atoms with Gasteiger partial charge in [-0.15, -0.1) is 0 Å². The number of hydrogen-bond donors (Lipinski definition) is 1. The van der Waals surface area contributed by atoms with E-state index in [0.29, 0.717) is 18.9 Å². The number of alkyl halides is 1. The zero-order valence-electron chi connectivity index (χ0n) is 11.6. The zero-order chi connectivity index (χ0) is 14.1. The van der Waals surface area contributed by atoms with Crippen molar-refractivity contribution in [3.8, 4) is 5.75 Å². The molecule has 106 valence electrons. The second-order valence-electron chi connectivity index (χ2n) is 4.81. The summed E-state index contributed by atoms with van der Waals surface area (Å²) in [6.07, 6.45) is 1.34. The van der Waals surface area contributed by atoms with Crippen LogP contribution in [0.4, 0.5) is 0 Å². The van der Waals surface area contributed by atoms with Crippen molar-refractivity contribution >= 4 is 21.8 Å². The van der Waals surface area contributed by atoms with Gasteiger partial charge in [0.05, 0.1) is 13.0 Å². The third-order valence-corrected chi connectivity index (χ3v) is 3.37. The summed E-state index contributed by atoms with van der Waals surface area (Å²) in [6.45, 7) is 4.65. The Morgan fingerprint density at radius 3 is 2.58 bits per heavy atom. The molecule has 0 saturated carbocycles. The minimum atomic E-state index is 0.0515. The molecule has 0 aromatic heterocycles. The fourth-order valence-electron chi connectivity index (χ4n) is 1.75. The van der Waals surface area contributed by atoms with E-state index in [2.05, 4.69) is 35.1 Å². The van der Waals surface area contributed by atoms with Crippen LogP contribution in [0.5, 0.6) is 5.75 Å². The lowest BCUT2D eigenvalue weighted by Crippen LogP contribution is -2.39. The Kier molecular flexibility index (Phi) is 7.56. The minimum Gasteiger partial charge on any atom is -0.493 e. The van der Waals surface area contributed by atoms with E-state index in [1.54, 1.807) is 0 Å². The Hall–Kier alpha value is -1.03. The molecule has 19 heavy (non-hydrogen) atoms. The van der Waals surface area contributed by atoms with Gasteiger partial charge in [0.25, 0.3) is 0 Å². The number of ether oxygens (including phenoxy) is 1. The lowest BCUT2D eigenvalue weighted by molar-refractivity contribution is -0.122. The summed E-state index contributed by atoms with van der Waals surface area (Å²) in [5.74, 6) is 1.29. The van der Waals surface area contributed by atoms with Crippen molar-refractivity contribution in [2.75, 3.05) is 11.9 Å². The highest BCUT2D eigenvalue weighted by Gasteiger charge is 2.15. The first-order valence-electron chi connectivity index (χ1n) is 6.66. The van der Waals surface area contributed by atoms with Crippen LogP contribution in [-0.4, -0.2) is 23.9 Å². The molecule has 1 unspecified atom stereocenters. The van der Waals surface area contributed by atoms with Crippen LogP contribution in [0.1, 0.15) is 26.7 Å². The fraction of sp³-hybridized carbons (Fsp3) is 0.533. The maximum absolute atomic E-state index is 11.8. The summed E-state index contributed by atoms with van der Waals surface area (Å²) in [6, 6.07) is 9.77. The Labute approximate surface area is 123 Å². The van der Waals surface area contributed by atoms with Gasteiger partial charge in [-0.3, -0.25) is 4.79 Å². The van der Waals surface area contributed by atoms with E-state index in [4.69, 9.17) is 4.74 Å². The van der Waals surface area contributed by atoms with E-state index in [-0.39, 0.29) is 11.9 Å². The molecule has 0 aliphatic rings. The van der Waals surface area contributed by atoms with Crippen molar-refractivity contribution in [1.29, 1.82) is 0 Å². The zero-order valence-corrected chi connectivity index (χ0v) is 13.2. The SMILES string of the molecule is CC(C)C(CCBr)NC(=O)CCOc1ccccc1. The van der Waals surface area contributed by atoms with Crippen LogP contribution in [0.25, 0.3) is 0 Å². The summed E-state index contributed by atoms with van der Waals surface area (Å²) < 4.78 is 5.51. The van der Waals surface area contributed by atoms with Crippen molar-refractivity contribution in [3.63, 3.8) is 0 Å². The molecule has 0 saturated heterocycles. The number of nitrogens with one attached hydrogen (secondary N) is 1. The molecule has 1 aromatic rings. The molecule has 0 aliphatic heterocycles. The number of halogens is 1. The summed E-state index contributed by atoms with van der Waals surface area (Å²) in [5.41, 5.74) is 0. The van der Waals surface area contributed by atoms with E-state index in [1.807, 2.05) is 30.3 Å². The van der Waals surface area contributed by atoms with Crippen molar-refractivity contribution < 1.29 is 9.53 Å². The number of hydrogen-bond acceptors (Lipinski definition) is 2. The summed E-state index contributed by atoms with van der Waals surface area (Å²) in [7, 11) is 0. The van der Waals surface area contributed by atoms with Crippen molar-refractivity contribution in [2.45, 2.75) is 32.7 Å². The fourth-order valence-corrected chi connectivity index (χ4v) is 2.24. The van der Waals surface area contributed by atoms with Crippen LogP contribution in [0, 0.1) is 5.92 Å². The Morgan fingerprint density at radius 1 is 1.32 bits per heavy atom. The van der Waals surface area contributed by atoms with Gasteiger partial charge in [-0.25, -0.2) is 0 Å². The van der Waals surface area contributed by atoms with E-state index >= 15 is 0 Å². The molecular formula is C15H22BrNO2. The molecule has 0 radical (unpaired) electrons. The van der Waals surface area contributed by atoms with Gasteiger partial charge in [0.2, 0.25) is 5.91 Å². The second kappa shape index (κ2) is 8.97. The van der Waals surface area contributed by atoms with Gasteiger partial charge < -0.3 is 10.1 Å². The molecule has 1 atom stereocenters. The maximum atomic E-state index is 11.8. The van der Waals surface area contributed by atoms with Crippen molar-refractivity contribution in [1.82, 2.24) is 5.32 Å². The van der Waals surface area contributed by atoms with Crippen molar-refractivity contribution in [2.24, 2.45) is 5.92 Å². The molecule has 1 amide bonds. The molecular weight excluding hydrogens is 306 g/mol. The van der Waals surface area contributed by atoms with Gasteiger partial charge in [0, 0.05) is 11.4 Å². The summed E-state index contributed by atoms with van der Waals surface area (Å²) in [5, 5.41) is 3.95. The van der Waals surface area contributed by atoms with Gasteiger partial charge in [0.1, 0.15) is 5.75 Å². The molecule has 0 heterocycles. The van der Waals surface area contributed by atoms with E-state index in [9.17, 15) is 4.79 Å². The first-order chi connectivity index (χ1) is 9.13. The van der Waals surface area contributed by atoms with Crippen LogP contribution in [0.2, 0.25) is 0 Å². The van der Waals surface area contributed by atoms with E-state index < -0.39 is 0 Å². The minimum absolute atomic E-state index is 0.0515. The Morgan fingerprint density at radius 2 is 2.00 bits per heavy atom. The highest BCUT2D eigenvalue weighted by atomic mass is 79.9. The third kappa shape index (κ3) is 6.62. The van der Waals surface area contributed by atoms with Gasteiger partial charge in [-0.05, 0) is 24.5 Å². The molecule has 3 nitrogen and oxygen atoms in total. The quantitative estimate of drug-likeness (QED) is 0.743. The van der Waals surface area contributed by atoms with Gasteiger partial charge in [0.15, 0.2) is 0 Å². The summed E-state index contributed by atoms with van der Waals surface area (Å²) >= 11 is 3.42. The van der Waals surface area contributed by atoms with Crippen LogP contribution in [-0.2, 0) is 4.79 Å². The molecule has 0 aliphatic carbocycles. The Balaban J connectivity index is 2.27. The molecule has 1 aromatic carbocycles. The lowest BCUT2D eigenvalue weighted by atomic mass is 10.0. The average Bonchev–Trinajstić information content (AvgIpc) is 2.39. The molecule has 1 N–H and O–H groups in total. The Bertz CT molecular complexity index is 368. The second-order valence-corrected chi connectivity index (χ2v) is 5.60. The van der Waals surface area contributed by atoms with Gasteiger partial charge in [-0.1, -0.05) is 48.0 Å². The maximum Gasteiger partial charge on any atom is 0.223 e. The predicted molar refractivity (Wildman–Crippen MR) is 81.7 cm³/mol. The van der Waals surface area contributed by atoms with Crippen LogP contribution < -0.4 is 10.1 Å². The van der Waals surface area contributed by atoms with E-state index in [1.165, 1.54) is 0 Å². The largest absolute Gasteiger partial charge is 0.493 e. The van der Waals surface area contributed by atoms with Crippen molar-refractivity contribution in [3.05, 3.63) is 30.3 Å². The smallest absolute Gasteiger partial charge is 0.223 e. The number of carbonyl (C=O) groups excluding carboxylic acids is 1.